The molecular weight excluding hydrogens is 464 g/mol. The highest BCUT2D eigenvalue weighted by Crippen LogP contribution is 2.29. The Kier molecular flexibility index (Phi) is 6.81. The summed E-state index contributed by atoms with van der Waals surface area (Å²) >= 11 is 7.32. The Morgan fingerprint density at radius 2 is 1.94 bits per heavy atom. The standard InChI is InChI=1S/C23H19ClN4O4S/c1-14-17(9-10-32-14)21-26-27-23(28(21)12-15-5-3-2-4-6-15)33-13-20(29)25-19-11-16(22(30)31)7-8-18(19)24/h2-11H,12-13H2,1H3,(H,25,29)(H,30,31). The highest BCUT2D eigenvalue weighted by Gasteiger charge is 2.19. The summed E-state index contributed by atoms with van der Waals surface area (Å²) < 4.78 is 7.36. The molecular formula is C23H19ClN4O4S. The molecule has 0 fully saturated rings. The molecule has 2 heterocycles. The van der Waals surface area contributed by atoms with E-state index in [1.165, 1.54) is 30.0 Å². The van der Waals surface area contributed by atoms with Crippen LogP contribution in [0.1, 0.15) is 21.7 Å². The number of amides is 1. The van der Waals surface area contributed by atoms with Crippen LogP contribution in [-0.2, 0) is 11.3 Å². The first-order chi connectivity index (χ1) is 15.9. The summed E-state index contributed by atoms with van der Waals surface area (Å²) in [4.78, 5) is 23.8. The number of rotatable bonds is 8. The van der Waals surface area contributed by atoms with E-state index in [1.54, 1.807) is 6.26 Å². The molecule has 0 saturated carbocycles. The first-order valence-electron chi connectivity index (χ1n) is 9.89. The Bertz CT molecular complexity index is 1300. The van der Waals surface area contributed by atoms with Gasteiger partial charge in [0.25, 0.3) is 0 Å². The number of hydrogen-bond acceptors (Lipinski definition) is 6. The van der Waals surface area contributed by atoms with Gasteiger partial charge < -0.3 is 14.8 Å². The van der Waals surface area contributed by atoms with Crippen LogP contribution in [0.15, 0.2) is 70.4 Å². The topological polar surface area (TPSA) is 110 Å². The number of furan rings is 1. The molecule has 8 nitrogen and oxygen atoms in total. The van der Waals surface area contributed by atoms with Gasteiger partial charge in [0.1, 0.15) is 5.76 Å². The first-order valence-corrected chi connectivity index (χ1v) is 11.3. The predicted molar refractivity (Wildman–Crippen MR) is 126 cm³/mol. The molecule has 0 saturated heterocycles. The highest BCUT2D eigenvalue weighted by atomic mass is 35.5. The van der Waals surface area contributed by atoms with Crippen molar-refractivity contribution in [3.05, 3.63) is 82.8 Å². The SMILES string of the molecule is Cc1occc1-c1nnc(SCC(=O)Nc2cc(C(=O)O)ccc2Cl)n1Cc1ccccc1. The van der Waals surface area contributed by atoms with Crippen LogP contribution in [-0.4, -0.2) is 37.5 Å². The molecule has 0 aliphatic heterocycles. The van der Waals surface area contributed by atoms with Crippen molar-refractivity contribution in [1.29, 1.82) is 0 Å². The number of carboxylic acid groups (broad SMARTS) is 1. The van der Waals surface area contributed by atoms with E-state index in [9.17, 15) is 9.59 Å². The minimum atomic E-state index is -1.10. The van der Waals surface area contributed by atoms with Crippen molar-refractivity contribution in [2.45, 2.75) is 18.6 Å². The summed E-state index contributed by atoms with van der Waals surface area (Å²) in [5, 5.41) is 21.3. The number of carbonyl (C=O) groups is 2. The third-order valence-electron chi connectivity index (χ3n) is 4.82. The zero-order valence-corrected chi connectivity index (χ0v) is 19.1. The number of halogens is 1. The van der Waals surface area contributed by atoms with Crippen LogP contribution < -0.4 is 5.32 Å². The van der Waals surface area contributed by atoms with Crippen molar-refractivity contribution in [2.75, 3.05) is 11.1 Å². The van der Waals surface area contributed by atoms with E-state index in [2.05, 4.69) is 15.5 Å². The van der Waals surface area contributed by atoms with Crippen molar-refractivity contribution in [2.24, 2.45) is 0 Å². The number of thioether (sulfide) groups is 1. The number of aryl methyl sites for hydroxylation is 1. The van der Waals surface area contributed by atoms with Crippen molar-refractivity contribution < 1.29 is 19.1 Å². The van der Waals surface area contributed by atoms with Gasteiger partial charge in [-0.1, -0.05) is 53.7 Å². The second-order valence-electron chi connectivity index (χ2n) is 7.11. The van der Waals surface area contributed by atoms with Crippen molar-refractivity contribution in [1.82, 2.24) is 14.8 Å². The normalized spacial score (nSPS) is 10.8. The predicted octanol–water partition coefficient (Wildman–Crippen LogP) is 4.98. The molecule has 2 aromatic heterocycles. The number of benzene rings is 2. The van der Waals surface area contributed by atoms with E-state index in [-0.39, 0.29) is 27.9 Å². The average molecular weight is 483 g/mol. The maximum absolute atomic E-state index is 12.6. The molecule has 0 aliphatic carbocycles. The Hall–Kier alpha value is -3.56. The molecule has 0 spiro atoms. The van der Waals surface area contributed by atoms with E-state index in [0.717, 1.165) is 16.9 Å². The number of aromatic nitrogens is 3. The number of carbonyl (C=O) groups excluding carboxylic acids is 1. The van der Waals surface area contributed by atoms with E-state index in [1.807, 2.05) is 47.9 Å². The summed E-state index contributed by atoms with van der Waals surface area (Å²) in [5.41, 5.74) is 2.16. The number of nitrogens with zero attached hydrogens (tertiary/aromatic N) is 3. The maximum Gasteiger partial charge on any atom is 0.335 e. The van der Waals surface area contributed by atoms with Crippen molar-refractivity contribution in [3.8, 4) is 11.4 Å². The van der Waals surface area contributed by atoms with Crippen molar-refractivity contribution >= 4 is 40.9 Å². The second kappa shape index (κ2) is 9.93. The molecule has 2 N–H and O–H groups in total. The zero-order valence-electron chi connectivity index (χ0n) is 17.5. The Labute approximate surface area is 198 Å². The molecule has 2 aromatic carbocycles. The van der Waals surface area contributed by atoms with E-state index in [0.29, 0.717) is 17.5 Å². The van der Waals surface area contributed by atoms with Crippen LogP contribution in [0.5, 0.6) is 0 Å². The highest BCUT2D eigenvalue weighted by molar-refractivity contribution is 7.99. The molecule has 0 unspecified atom stereocenters. The van der Waals surface area contributed by atoms with Crippen LogP contribution in [0, 0.1) is 6.92 Å². The quantitative estimate of drug-likeness (QED) is 0.341. The van der Waals surface area contributed by atoms with E-state index < -0.39 is 5.97 Å². The molecule has 0 radical (unpaired) electrons. The van der Waals surface area contributed by atoms with Gasteiger partial charge in [-0.2, -0.15) is 0 Å². The van der Waals surface area contributed by atoms with Gasteiger partial charge in [0.15, 0.2) is 11.0 Å². The molecule has 1 amide bonds. The number of carboxylic acids is 1. The smallest absolute Gasteiger partial charge is 0.335 e. The van der Waals surface area contributed by atoms with Gasteiger partial charge >= 0.3 is 5.97 Å². The third-order valence-corrected chi connectivity index (χ3v) is 6.12. The molecule has 0 aliphatic rings. The molecule has 0 atom stereocenters. The van der Waals surface area contributed by atoms with Crippen molar-refractivity contribution in [3.63, 3.8) is 0 Å². The van der Waals surface area contributed by atoms with Gasteiger partial charge in [-0.15, -0.1) is 10.2 Å². The Balaban J connectivity index is 1.54. The summed E-state index contributed by atoms with van der Waals surface area (Å²) in [6.07, 6.45) is 1.60. The monoisotopic (exact) mass is 482 g/mol. The second-order valence-corrected chi connectivity index (χ2v) is 8.45. The van der Waals surface area contributed by atoms with Crippen LogP contribution in [0.2, 0.25) is 5.02 Å². The van der Waals surface area contributed by atoms with Crippen LogP contribution in [0.3, 0.4) is 0 Å². The Morgan fingerprint density at radius 3 is 2.64 bits per heavy atom. The van der Waals surface area contributed by atoms with Crippen LogP contribution in [0.4, 0.5) is 5.69 Å². The summed E-state index contributed by atoms with van der Waals surface area (Å²) in [6.45, 7) is 2.37. The molecule has 33 heavy (non-hydrogen) atoms. The van der Waals surface area contributed by atoms with Gasteiger partial charge in [0.05, 0.1) is 40.4 Å². The Morgan fingerprint density at radius 1 is 1.15 bits per heavy atom. The minimum Gasteiger partial charge on any atom is -0.478 e. The fraction of sp³-hybridized carbons (Fsp3) is 0.130. The largest absolute Gasteiger partial charge is 0.478 e. The zero-order chi connectivity index (χ0) is 23.4. The summed E-state index contributed by atoms with van der Waals surface area (Å²) in [6, 6.07) is 15.8. The lowest BCUT2D eigenvalue weighted by molar-refractivity contribution is -0.113. The lowest BCUT2D eigenvalue weighted by atomic mass is 10.2. The summed E-state index contributed by atoms with van der Waals surface area (Å²) in [5.74, 6) is -0.0539. The lowest BCUT2D eigenvalue weighted by Gasteiger charge is -2.11. The van der Waals surface area contributed by atoms with E-state index in [4.69, 9.17) is 21.1 Å². The van der Waals surface area contributed by atoms with Gasteiger partial charge in [-0.25, -0.2) is 4.79 Å². The molecule has 4 aromatic rings. The third kappa shape index (κ3) is 5.27. The van der Waals surface area contributed by atoms with Gasteiger partial charge in [0, 0.05) is 0 Å². The molecule has 4 rings (SSSR count). The summed E-state index contributed by atoms with van der Waals surface area (Å²) in [7, 11) is 0. The van der Waals surface area contributed by atoms with Gasteiger partial charge in [-0.3, -0.25) is 9.36 Å². The maximum atomic E-state index is 12.6. The van der Waals surface area contributed by atoms with Gasteiger partial charge in [0.2, 0.25) is 5.91 Å². The lowest BCUT2D eigenvalue weighted by Crippen LogP contribution is -2.15. The fourth-order valence-corrected chi connectivity index (χ4v) is 4.09. The fourth-order valence-electron chi connectivity index (χ4n) is 3.19. The van der Waals surface area contributed by atoms with Gasteiger partial charge in [-0.05, 0) is 36.8 Å². The van der Waals surface area contributed by atoms with Crippen LogP contribution in [0.25, 0.3) is 11.4 Å². The number of hydrogen-bond donors (Lipinski definition) is 2. The number of anilines is 1. The molecule has 10 heteroatoms. The molecule has 0 bridgehead atoms. The van der Waals surface area contributed by atoms with Crippen LogP contribution >= 0.6 is 23.4 Å². The van der Waals surface area contributed by atoms with E-state index >= 15 is 0 Å². The minimum absolute atomic E-state index is 0.0325. The number of nitrogens with one attached hydrogen (secondary N) is 1. The molecule has 168 valence electrons. The first kappa shape index (κ1) is 22.6. The number of aromatic carboxylic acids is 1. The average Bonchev–Trinajstić information content (AvgIpc) is 3.40.